The average Bonchev–Trinajstić information content (AvgIpc) is 2.92. The zero-order chi connectivity index (χ0) is 25.0. The summed E-state index contributed by atoms with van der Waals surface area (Å²) in [5, 5.41) is 20.2. The Kier molecular flexibility index (Phi) is 6.34. The van der Waals surface area contributed by atoms with E-state index >= 15 is 0 Å². The molecule has 0 aliphatic carbocycles. The fraction of sp³-hybridized carbons (Fsp3) is 0. The number of nitrogens with zero attached hydrogens (tertiary/aromatic N) is 3. The van der Waals surface area contributed by atoms with Crippen molar-refractivity contribution < 1.29 is 24.3 Å². The lowest BCUT2D eigenvalue weighted by molar-refractivity contribution is 0.398. The molecule has 5 rings (SSSR count). The minimum absolute atomic E-state index is 0.0162. The van der Waals surface area contributed by atoms with Gasteiger partial charge >= 0.3 is 12.0 Å². The Bertz CT molecular complexity index is 1400. The normalized spacial score (nSPS) is 11.1. The summed E-state index contributed by atoms with van der Waals surface area (Å²) in [7, 11) is -3.56. The Hall–Kier alpha value is -4.68. The van der Waals surface area contributed by atoms with E-state index in [-0.39, 0.29) is 29.1 Å². The highest BCUT2D eigenvalue weighted by molar-refractivity contribution is 7.84. The second-order valence-corrected chi connectivity index (χ2v) is 10.3. The molecule has 1 heterocycles. The Morgan fingerprint density at radius 1 is 0.528 bits per heavy atom. The Morgan fingerprint density at radius 2 is 0.917 bits per heavy atom. The number of rotatable bonds is 7. The summed E-state index contributed by atoms with van der Waals surface area (Å²) in [6.07, 6.45) is 0. The molecule has 4 aromatic carbocycles. The van der Waals surface area contributed by atoms with Crippen LogP contribution in [0.15, 0.2) is 109 Å². The molecule has 36 heavy (non-hydrogen) atoms. The molecule has 5 aromatic rings. The first-order chi connectivity index (χ1) is 17.5. The molecular weight excluding hydrogens is 477 g/mol. The van der Waals surface area contributed by atoms with E-state index in [1.807, 2.05) is 12.1 Å². The molecule has 0 amide bonds. The monoisotopic (exact) mass is 497 g/mol. The van der Waals surface area contributed by atoms with Crippen molar-refractivity contribution in [2.45, 2.75) is 0 Å². The highest BCUT2D eigenvalue weighted by atomic mass is 31.2. The summed E-state index contributed by atoms with van der Waals surface area (Å²) in [6, 6.07) is 29.7. The maximum absolute atomic E-state index is 14.8. The van der Waals surface area contributed by atoms with Gasteiger partial charge in [0.2, 0.25) is 12.7 Å². The fourth-order valence-corrected chi connectivity index (χ4v) is 5.85. The van der Waals surface area contributed by atoms with Crippen LogP contribution in [0.1, 0.15) is 0 Å². The quantitative estimate of drug-likeness (QED) is 0.316. The molecule has 0 spiro atoms. The van der Waals surface area contributed by atoms with Gasteiger partial charge in [-0.3, -0.25) is 0 Å². The van der Waals surface area contributed by atoms with Gasteiger partial charge in [0.1, 0.15) is 23.0 Å². The molecule has 0 bridgehead atoms. The van der Waals surface area contributed by atoms with E-state index in [0.717, 1.165) is 0 Å². The summed E-state index contributed by atoms with van der Waals surface area (Å²) in [5.41, 5.74) is -0.0162. The van der Waals surface area contributed by atoms with E-state index in [1.54, 1.807) is 72.8 Å². The molecule has 0 atom stereocenters. The highest BCUT2D eigenvalue weighted by Gasteiger charge is 2.34. The van der Waals surface area contributed by atoms with Crippen LogP contribution in [-0.2, 0) is 4.57 Å². The Morgan fingerprint density at radius 3 is 1.31 bits per heavy atom. The van der Waals surface area contributed by atoms with Gasteiger partial charge in [0.15, 0.2) is 0 Å². The van der Waals surface area contributed by atoms with E-state index < -0.39 is 7.14 Å². The smallest absolute Gasteiger partial charge is 0.328 e. The SMILES string of the molecule is O=P(c1ccccc1)(c1ccccc1)c1nc(Oc2ccc(O)cc2)nc(Oc2ccc(O)cc2)n1. The number of phenols is 2. The highest BCUT2D eigenvalue weighted by Crippen LogP contribution is 2.41. The van der Waals surface area contributed by atoms with E-state index in [9.17, 15) is 14.8 Å². The summed E-state index contributed by atoms with van der Waals surface area (Å²) < 4.78 is 26.4. The Labute approximate surface area is 206 Å². The lowest BCUT2D eigenvalue weighted by Gasteiger charge is -2.19. The van der Waals surface area contributed by atoms with Crippen molar-refractivity contribution in [3.63, 3.8) is 0 Å². The number of benzene rings is 4. The predicted octanol–water partition coefficient (Wildman–Crippen LogP) is 4.51. The van der Waals surface area contributed by atoms with Crippen LogP contribution < -0.4 is 25.6 Å². The number of hydrogen-bond donors (Lipinski definition) is 2. The minimum atomic E-state index is -3.56. The lowest BCUT2D eigenvalue weighted by atomic mass is 10.3. The first kappa shape index (κ1) is 23.1. The van der Waals surface area contributed by atoms with Gasteiger partial charge in [-0.1, -0.05) is 60.7 Å². The minimum Gasteiger partial charge on any atom is -0.508 e. The second kappa shape index (κ2) is 9.90. The number of hydrogen-bond acceptors (Lipinski definition) is 8. The van der Waals surface area contributed by atoms with Crippen LogP contribution in [0.5, 0.6) is 35.0 Å². The van der Waals surface area contributed by atoms with Crippen molar-refractivity contribution in [2.75, 3.05) is 0 Å². The van der Waals surface area contributed by atoms with Crippen LogP contribution in [-0.4, -0.2) is 25.2 Å². The third-order valence-corrected chi connectivity index (χ3v) is 8.01. The van der Waals surface area contributed by atoms with Crippen molar-refractivity contribution in [3.05, 3.63) is 109 Å². The van der Waals surface area contributed by atoms with Gasteiger partial charge in [-0.05, 0) is 48.5 Å². The van der Waals surface area contributed by atoms with E-state index in [1.165, 1.54) is 24.3 Å². The molecule has 0 aliphatic heterocycles. The van der Waals surface area contributed by atoms with E-state index in [2.05, 4.69) is 15.0 Å². The topological polar surface area (TPSA) is 115 Å². The first-order valence-corrected chi connectivity index (χ1v) is 12.6. The largest absolute Gasteiger partial charge is 0.508 e. The van der Waals surface area contributed by atoms with Gasteiger partial charge in [0, 0.05) is 10.6 Å². The molecule has 9 heteroatoms. The second-order valence-electron chi connectivity index (χ2n) is 7.67. The maximum atomic E-state index is 14.8. The molecule has 0 aliphatic rings. The number of aromatic nitrogens is 3. The fourth-order valence-electron chi connectivity index (χ4n) is 3.46. The van der Waals surface area contributed by atoms with E-state index in [4.69, 9.17) is 9.47 Å². The van der Waals surface area contributed by atoms with E-state index in [0.29, 0.717) is 22.1 Å². The van der Waals surface area contributed by atoms with Crippen molar-refractivity contribution in [1.29, 1.82) is 0 Å². The summed E-state index contributed by atoms with van der Waals surface area (Å²) in [6.45, 7) is 0. The molecule has 0 saturated carbocycles. The first-order valence-electron chi connectivity index (χ1n) is 10.9. The molecule has 0 unspecified atom stereocenters. The van der Waals surface area contributed by atoms with Gasteiger partial charge in [-0.25, -0.2) is 0 Å². The lowest BCUT2D eigenvalue weighted by Crippen LogP contribution is -2.30. The third-order valence-electron chi connectivity index (χ3n) is 5.20. The molecule has 178 valence electrons. The predicted molar refractivity (Wildman–Crippen MR) is 136 cm³/mol. The number of aromatic hydroxyl groups is 2. The van der Waals surface area contributed by atoms with Crippen LogP contribution in [0.4, 0.5) is 0 Å². The average molecular weight is 497 g/mol. The molecule has 1 aromatic heterocycles. The van der Waals surface area contributed by atoms with Gasteiger partial charge in [-0.15, -0.1) is 4.98 Å². The number of ether oxygens (including phenoxy) is 2. The maximum Gasteiger partial charge on any atom is 0.328 e. The van der Waals surface area contributed by atoms with Crippen molar-refractivity contribution >= 4 is 23.3 Å². The van der Waals surface area contributed by atoms with Crippen LogP contribution in [0.2, 0.25) is 0 Å². The summed E-state index contributed by atoms with van der Waals surface area (Å²) in [4.78, 5) is 13.1. The summed E-state index contributed by atoms with van der Waals surface area (Å²) in [5.74, 6) is 0.866. The van der Waals surface area contributed by atoms with Gasteiger partial charge < -0.3 is 24.3 Å². The third kappa shape index (κ3) is 4.89. The van der Waals surface area contributed by atoms with Crippen LogP contribution in [0.25, 0.3) is 0 Å². The molecule has 8 nitrogen and oxygen atoms in total. The van der Waals surface area contributed by atoms with Crippen LogP contribution >= 0.6 is 7.14 Å². The molecular formula is C27H20N3O5P. The van der Waals surface area contributed by atoms with Crippen molar-refractivity contribution in [2.24, 2.45) is 0 Å². The van der Waals surface area contributed by atoms with Crippen molar-refractivity contribution in [1.82, 2.24) is 15.0 Å². The summed E-state index contributed by atoms with van der Waals surface area (Å²) >= 11 is 0. The van der Waals surface area contributed by atoms with Gasteiger partial charge in [0.05, 0.1) is 0 Å². The zero-order valence-electron chi connectivity index (χ0n) is 18.8. The van der Waals surface area contributed by atoms with Gasteiger partial charge in [0.25, 0.3) is 0 Å². The molecule has 2 N–H and O–H groups in total. The van der Waals surface area contributed by atoms with Crippen LogP contribution in [0.3, 0.4) is 0 Å². The molecule has 0 radical (unpaired) electrons. The van der Waals surface area contributed by atoms with Crippen molar-refractivity contribution in [3.8, 4) is 35.0 Å². The Balaban J connectivity index is 1.66. The standard InChI is InChI=1S/C27H20N3O5P/c31-19-11-15-21(16-12-19)34-25-28-26(35-22-17-13-20(32)14-18-22)30-27(29-25)36(33,23-7-3-1-4-8-23)24-9-5-2-6-10-24/h1-18,31-32H. The van der Waals surface area contributed by atoms with Gasteiger partial charge in [-0.2, -0.15) is 9.97 Å². The zero-order valence-corrected chi connectivity index (χ0v) is 19.7. The number of phenolic OH excluding ortho intramolecular Hbond substituents is 2. The molecule has 0 fully saturated rings. The molecule has 0 saturated heterocycles. The van der Waals surface area contributed by atoms with Crippen LogP contribution in [0, 0.1) is 0 Å².